The fraction of sp³-hybridized carbons (Fsp3) is 0.333. The van der Waals surface area contributed by atoms with E-state index in [-0.39, 0.29) is 51.4 Å². The zero-order valence-corrected chi connectivity index (χ0v) is 7.54. The summed E-state index contributed by atoms with van der Waals surface area (Å²) in [6.45, 7) is 1.80. The van der Waals surface area contributed by atoms with Gasteiger partial charge in [-0.3, -0.25) is 5.10 Å². The van der Waals surface area contributed by atoms with E-state index in [1.807, 2.05) is 0 Å². The third-order valence-corrected chi connectivity index (χ3v) is 0.499. The third kappa shape index (κ3) is 2.56. The van der Waals surface area contributed by atoms with Crippen molar-refractivity contribution in [1.82, 2.24) is 15.2 Å². The zero-order valence-electron chi connectivity index (χ0n) is 4.42. The standard InChI is InChI=1S/C3H4N3.K/c1-3-4-2-5-6-3;/h2H,1H3;/q-1;+1. The molecule has 0 saturated carbocycles. The first kappa shape index (κ1) is 7.78. The molecule has 0 fully saturated rings. The maximum absolute atomic E-state index is 3.69. The maximum atomic E-state index is 3.69. The number of hydrogen-bond donors (Lipinski definition) is 0. The van der Waals surface area contributed by atoms with Crippen LogP contribution in [0.4, 0.5) is 0 Å². The summed E-state index contributed by atoms with van der Waals surface area (Å²) in [6, 6.07) is 0. The SMILES string of the molecule is Cc1nc[n-]n1.[K+]. The van der Waals surface area contributed by atoms with Crippen molar-refractivity contribution in [2.24, 2.45) is 0 Å². The smallest absolute Gasteiger partial charge is 0.430 e. The maximum Gasteiger partial charge on any atom is 1.00 e. The predicted molar refractivity (Wildman–Crippen MR) is 20.1 cm³/mol. The molecule has 0 unspecified atom stereocenters. The molecular weight excluding hydrogens is 117 g/mol. The molecule has 0 amide bonds. The quantitative estimate of drug-likeness (QED) is 0.338. The molecule has 0 aliphatic heterocycles. The van der Waals surface area contributed by atoms with Crippen LogP contribution in [0.3, 0.4) is 0 Å². The Balaban J connectivity index is 0.000000360. The Labute approximate surface area is 84.3 Å². The predicted octanol–water partition coefficient (Wildman–Crippen LogP) is -3.25. The van der Waals surface area contributed by atoms with Crippen molar-refractivity contribution in [3.8, 4) is 0 Å². The number of nitrogens with zero attached hydrogens (tertiary/aromatic N) is 3. The summed E-state index contributed by atoms with van der Waals surface area (Å²) in [4.78, 5) is 3.69. The molecule has 4 heteroatoms. The molecule has 0 aliphatic rings. The van der Waals surface area contributed by atoms with E-state index in [2.05, 4.69) is 15.2 Å². The molecule has 1 aromatic heterocycles. The van der Waals surface area contributed by atoms with E-state index in [0.717, 1.165) is 5.82 Å². The molecule has 0 N–H and O–H groups in total. The van der Waals surface area contributed by atoms with Gasteiger partial charge in [0.05, 0.1) is 0 Å². The van der Waals surface area contributed by atoms with E-state index in [4.69, 9.17) is 0 Å². The average molecular weight is 121 g/mol. The van der Waals surface area contributed by atoms with Crippen LogP contribution >= 0.6 is 0 Å². The first-order chi connectivity index (χ1) is 2.89. The van der Waals surface area contributed by atoms with Gasteiger partial charge in [0, 0.05) is 5.82 Å². The van der Waals surface area contributed by atoms with Crippen LogP contribution in [-0.4, -0.2) is 10.1 Å². The van der Waals surface area contributed by atoms with Crippen LogP contribution in [0.5, 0.6) is 0 Å². The summed E-state index contributed by atoms with van der Waals surface area (Å²) in [5.41, 5.74) is 0. The minimum atomic E-state index is 0. The van der Waals surface area contributed by atoms with Crippen LogP contribution in [-0.2, 0) is 0 Å². The van der Waals surface area contributed by atoms with Crippen LogP contribution < -0.4 is 56.5 Å². The molecular formula is C3H4KN3. The fourth-order valence-corrected chi connectivity index (χ4v) is 0.245. The number of rotatable bonds is 0. The number of hydrogen-bond acceptors (Lipinski definition) is 2. The summed E-state index contributed by atoms with van der Waals surface area (Å²) in [7, 11) is 0. The van der Waals surface area contributed by atoms with Crippen molar-refractivity contribution >= 4 is 0 Å². The van der Waals surface area contributed by atoms with Crippen molar-refractivity contribution < 1.29 is 51.4 Å². The summed E-state index contributed by atoms with van der Waals surface area (Å²) < 4.78 is 0. The Morgan fingerprint density at radius 1 is 1.71 bits per heavy atom. The van der Waals surface area contributed by atoms with Gasteiger partial charge in [0.2, 0.25) is 0 Å². The van der Waals surface area contributed by atoms with Gasteiger partial charge in [-0.15, -0.1) is 0 Å². The second-order valence-corrected chi connectivity index (χ2v) is 1.01. The van der Waals surface area contributed by atoms with Gasteiger partial charge in [0.25, 0.3) is 0 Å². The van der Waals surface area contributed by atoms with Gasteiger partial charge in [-0.05, 0) is 6.92 Å². The Morgan fingerprint density at radius 2 is 2.43 bits per heavy atom. The molecule has 1 rings (SSSR count). The van der Waals surface area contributed by atoms with E-state index >= 15 is 0 Å². The molecule has 1 heterocycles. The molecule has 0 spiro atoms. The monoisotopic (exact) mass is 121 g/mol. The van der Waals surface area contributed by atoms with E-state index in [9.17, 15) is 0 Å². The summed E-state index contributed by atoms with van der Waals surface area (Å²) in [5.74, 6) is 0.731. The molecule has 0 saturated heterocycles. The first-order valence-electron chi connectivity index (χ1n) is 1.66. The Morgan fingerprint density at radius 3 is 2.57 bits per heavy atom. The van der Waals surface area contributed by atoms with Gasteiger partial charge < -0.3 is 10.1 Å². The molecule has 0 atom stereocenters. The molecule has 0 radical (unpaired) electrons. The van der Waals surface area contributed by atoms with Gasteiger partial charge in [0.1, 0.15) is 0 Å². The molecule has 0 aromatic carbocycles. The first-order valence-corrected chi connectivity index (χ1v) is 1.66. The van der Waals surface area contributed by atoms with E-state index < -0.39 is 0 Å². The van der Waals surface area contributed by atoms with E-state index in [1.54, 1.807) is 6.92 Å². The normalized spacial score (nSPS) is 7.57. The molecule has 0 bridgehead atoms. The minimum Gasteiger partial charge on any atom is -0.430 e. The number of aryl methyl sites for hydroxylation is 1. The van der Waals surface area contributed by atoms with Gasteiger partial charge in [0.15, 0.2) is 0 Å². The van der Waals surface area contributed by atoms with Crippen LogP contribution in [0, 0.1) is 6.92 Å². The van der Waals surface area contributed by atoms with Crippen LogP contribution in [0.15, 0.2) is 6.33 Å². The largest absolute Gasteiger partial charge is 1.00 e. The second-order valence-electron chi connectivity index (χ2n) is 1.01. The molecule has 3 nitrogen and oxygen atoms in total. The Kier molecular flexibility index (Phi) is 4.15. The third-order valence-electron chi connectivity index (χ3n) is 0.499. The fourth-order valence-electron chi connectivity index (χ4n) is 0.245. The van der Waals surface area contributed by atoms with Crippen molar-refractivity contribution in [2.45, 2.75) is 6.92 Å². The van der Waals surface area contributed by atoms with Crippen molar-refractivity contribution in [3.63, 3.8) is 0 Å². The Hall–Kier alpha value is 0.776. The summed E-state index contributed by atoms with van der Waals surface area (Å²) in [6.07, 6.45) is 1.43. The van der Waals surface area contributed by atoms with Crippen LogP contribution in [0.1, 0.15) is 5.82 Å². The van der Waals surface area contributed by atoms with Gasteiger partial charge in [-0.1, -0.05) is 6.33 Å². The van der Waals surface area contributed by atoms with Gasteiger partial charge in [-0.25, -0.2) is 0 Å². The minimum absolute atomic E-state index is 0. The summed E-state index contributed by atoms with van der Waals surface area (Å²) >= 11 is 0. The molecule has 1 aromatic rings. The molecule has 32 valence electrons. The van der Waals surface area contributed by atoms with Crippen molar-refractivity contribution in [1.29, 1.82) is 0 Å². The van der Waals surface area contributed by atoms with Crippen molar-refractivity contribution in [3.05, 3.63) is 12.2 Å². The second kappa shape index (κ2) is 3.74. The van der Waals surface area contributed by atoms with E-state index in [0.29, 0.717) is 0 Å². The van der Waals surface area contributed by atoms with Gasteiger partial charge >= 0.3 is 51.4 Å². The summed E-state index contributed by atoms with van der Waals surface area (Å²) in [5, 5.41) is 7.02. The van der Waals surface area contributed by atoms with Crippen LogP contribution in [0.2, 0.25) is 0 Å². The Bertz CT molecular complexity index is 114. The average Bonchev–Trinajstić information content (AvgIpc) is 1.86. The van der Waals surface area contributed by atoms with Gasteiger partial charge in [-0.2, -0.15) is 0 Å². The number of aromatic nitrogens is 3. The van der Waals surface area contributed by atoms with Crippen molar-refractivity contribution in [2.75, 3.05) is 0 Å². The molecule has 7 heavy (non-hydrogen) atoms. The zero-order chi connectivity index (χ0) is 4.41. The van der Waals surface area contributed by atoms with Crippen LogP contribution in [0.25, 0.3) is 0 Å². The topological polar surface area (TPSA) is 39.9 Å². The molecule has 0 aliphatic carbocycles. The van der Waals surface area contributed by atoms with E-state index in [1.165, 1.54) is 6.33 Å².